The van der Waals surface area contributed by atoms with Crippen molar-refractivity contribution in [3.8, 4) is 0 Å². The highest BCUT2D eigenvalue weighted by atomic mass is 16.5. The Morgan fingerprint density at radius 2 is 2.26 bits per heavy atom. The van der Waals surface area contributed by atoms with Crippen LogP contribution in [0.3, 0.4) is 0 Å². The maximum Gasteiger partial charge on any atom is 0.0668 e. The quantitative estimate of drug-likeness (QED) is 0.907. The monoisotopic (exact) mass is 263 g/mol. The zero-order valence-electron chi connectivity index (χ0n) is 12.4. The molecule has 0 aliphatic carbocycles. The number of anilines is 1. The maximum absolute atomic E-state index is 5.49. The fraction of sp³-hybridized carbons (Fsp3) is 0.667. The van der Waals surface area contributed by atoms with Crippen LogP contribution >= 0.6 is 0 Å². The fourth-order valence-corrected chi connectivity index (χ4v) is 2.21. The second kappa shape index (κ2) is 5.88. The third kappa shape index (κ3) is 4.18. The van der Waals surface area contributed by atoms with Crippen molar-refractivity contribution >= 4 is 5.69 Å². The summed E-state index contributed by atoms with van der Waals surface area (Å²) in [6.45, 7) is 12.1. The zero-order valence-corrected chi connectivity index (χ0v) is 12.4. The number of aromatic nitrogens is 1. The zero-order chi connectivity index (χ0) is 13.9. The molecule has 19 heavy (non-hydrogen) atoms. The first-order chi connectivity index (χ1) is 8.96. The van der Waals surface area contributed by atoms with E-state index in [1.54, 1.807) is 0 Å². The van der Waals surface area contributed by atoms with Crippen LogP contribution in [0.2, 0.25) is 0 Å². The third-order valence-electron chi connectivity index (χ3n) is 3.30. The summed E-state index contributed by atoms with van der Waals surface area (Å²) in [6.07, 6.45) is 1.90. The number of hydrogen-bond donors (Lipinski definition) is 1. The molecule has 0 radical (unpaired) electrons. The van der Waals surface area contributed by atoms with Crippen molar-refractivity contribution in [1.82, 2.24) is 10.3 Å². The first kappa shape index (κ1) is 14.3. The molecule has 0 amide bonds. The minimum atomic E-state index is 0.115. The Labute approximate surface area is 116 Å². The van der Waals surface area contributed by atoms with E-state index in [1.807, 2.05) is 6.20 Å². The molecule has 0 spiro atoms. The number of hydrogen-bond acceptors (Lipinski definition) is 4. The van der Waals surface area contributed by atoms with Gasteiger partial charge in [-0.3, -0.25) is 4.98 Å². The fourth-order valence-electron chi connectivity index (χ4n) is 2.21. The van der Waals surface area contributed by atoms with E-state index in [1.165, 1.54) is 5.69 Å². The Morgan fingerprint density at radius 3 is 2.95 bits per heavy atom. The molecule has 1 aromatic heterocycles. The number of nitrogens with zero attached hydrogens (tertiary/aromatic N) is 2. The van der Waals surface area contributed by atoms with Crippen LogP contribution in [0.15, 0.2) is 18.3 Å². The number of pyridine rings is 1. The minimum absolute atomic E-state index is 0.115. The van der Waals surface area contributed by atoms with E-state index in [4.69, 9.17) is 4.74 Å². The van der Waals surface area contributed by atoms with Crippen molar-refractivity contribution in [3.05, 3.63) is 24.0 Å². The minimum Gasteiger partial charge on any atom is -0.377 e. The molecular weight excluding hydrogens is 238 g/mol. The molecule has 0 aromatic carbocycles. The molecule has 1 saturated heterocycles. The average Bonchev–Trinajstić information content (AvgIpc) is 2.36. The van der Waals surface area contributed by atoms with Crippen molar-refractivity contribution in [2.45, 2.75) is 45.8 Å². The lowest BCUT2D eigenvalue weighted by Gasteiger charge is -2.35. The van der Waals surface area contributed by atoms with Gasteiger partial charge in [-0.05, 0) is 39.8 Å². The van der Waals surface area contributed by atoms with E-state index in [0.29, 0.717) is 6.04 Å². The Hall–Kier alpha value is -1.13. The molecule has 2 rings (SSSR count). The molecule has 2 heterocycles. The highest BCUT2D eigenvalue weighted by Crippen LogP contribution is 2.20. The molecule has 1 aromatic rings. The smallest absolute Gasteiger partial charge is 0.0668 e. The van der Waals surface area contributed by atoms with Gasteiger partial charge in [0.05, 0.1) is 18.9 Å². The summed E-state index contributed by atoms with van der Waals surface area (Å²) in [4.78, 5) is 6.84. The van der Waals surface area contributed by atoms with Crippen molar-refractivity contribution in [2.75, 3.05) is 24.7 Å². The number of rotatable bonds is 3. The molecule has 1 unspecified atom stereocenters. The van der Waals surface area contributed by atoms with Gasteiger partial charge in [-0.25, -0.2) is 0 Å². The molecule has 0 saturated carbocycles. The number of ether oxygens (including phenoxy) is 1. The largest absolute Gasteiger partial charge is 0.377 e. The van der Waals surface area contributed by atoms with E-state index >= 15 is 0 Å². The molecule has 1 aliphatic rings. The SMILES string of the molecule is CC1COCCN1c1ccnc(CNC(C)(C)C)c1. The van der Waals surface area contributed by atoms with Crippen molar-refractivity contribution < 1.29 is 4.74 Å². The van der Waals surface area contributed by atoms with Gasteiger partial charge in [0.25, 0.3) is 0 Å². The van der Waals surface area contributed by atoms with Crippen LogP contribution in [-0.4, -0.2) is 36.3 Å². The van der Waals surface area contributed by atoms with Crippen LogP contribution in [0.4, 0.5) is 5.69 Å². The normalized spacial score (nSPS) is 20.6. The summed E-state index contributed by atoms with van der Waals surface area (Å²) in [5.74, 6) is 0. The van der Waals surface area contributed by atoms with Gasteiger partial charge in [-0.2, -0.15) is 0 Å². The van der Waals surface area contributed by atoms with Gasteiger partial charge < -0.3 is 15.0 Å². The lowest BCUT2D eigenvalue weighted by Crippen LogP contribution is -2.43. The van der Waals surface area contributed by atoms with Gasteiger partial charge in [0.2, 0.25) is 0 Å². The summed E-state index contributed by atoms with van der Waals surface area (Å²) in [5, 5.41) is 3.47. The van der Waals surface area contributed by atoms with Gasteiger partial charge in [0.1, 0.15) is 0 Å². The van der Waals surface area contributed by atoms with Gasteiger partial charge in [-0.1, -0.05) is 0 Å². The van der Waals surface area contributed by atoms with Crippen molar-refractivity contribution in [1.29, 1.82) is 0 Å². The van der Waals surface area contributed by atoms with Crippen LogP contribution in [0.5, 0.6) is 0 Å². The summed E-state index contributed by atoms with van der Waals surface area (Å²) in [5.41, 5.74) is 2.45. The summed E-state index contributed by atoms with van der Waals surface area (Å²) in [7, 11) is 0. The molecule has 4 heteroatoms. The molecule has 4 nitrogen and oxygen atoms in total. The van der Waals surface area contributed by atoms with Crippen LogP contribution in [0, 0.1) is 0 Å². The van der Waals surface area contributed by atoms with Gasteiger partial charge >= 0.3 is 0 Å². The molecular formula is C15H25N3O. The van der Waals surface area contributed by atoms with E-state index in [-0.39, 0.29) is 5.54 Å². The molecule has 106 valence electrons. The molecule has 1 fully saturated rings. The van der Waals surface area contributed by atoms with E-state index in [2.05, 4.69) is 55.0 Å². The third-order valence-corrected chi connectivity index (χ3v) is 3.30. The first-order valence-electron chi connectivity index (χ1n) is 7.00. The summed E-state index contributed by atoms with van der Waals surface area (Å²) < 4.78 is 5.49. The number of morpholine rings is 1. The van der Waals surface area contributed by atoms with Crippen LogP contribution in [-0.2, 0) is 11.3 Å². The van der Waals surface area contributed by atoms with Crippen LogP contribution < -0.4 is 10.2 Å². The second-order valence-electron chi connectivity index (χ2n) is 6.23. The molecule has 0 bridgehead atoms. The molecule has 1 atom stereocenters. The summed E-state index contributed by atoms with van der Waals surface area (Å²) in [6, 6.07) is 4.70. The lowest BCUT2D eigenvalue weighted by atomic mass is 10.1. The van der Waals surface area contributed by atoms with Gasteiger partial charge in [-0.15, -0.1) is 0 Å². The Kier molecular flexibility index (Phi) is 4.42. The Morgan fingerprint density at radius 1 is 1.47 bits per heavy atom. The maximum atomic E-state index is 5.49. The predicted molar refractivity (Wildman–Crippen MR) is 78.5 cm³/mol. The highest BCUT2D eigenvalue weighted by Gasteiger charge is 2.19. The van der Waals surface area contributed by atoms with Crippen LogP contribution in [0.1, 0.15) is 33.4 Å². The Bertz CT molecular complexity index is 414. The van der Waals surface area contributed by atoms with Crippen molar-refractivity contribution in [2.24, 2.45) is 0 Å². The van der Waals surface area contributed by atoms with E-state index in [0.717, 1.165) is 32.0 Å². The first-order valence-corrected chi connectivity index (χ1v) is 7.00. The van der Waals surface area contributed by atoms with Gasteiger partial charge in [0.15, 0.2) is 0 Å². The molecule has 1 N–H and O–H groups in total. The summed E-state index contributed by atoms with van der Waals surface area (Å²) >= 11 is 0. The average molecular weight is 263 g/mol. The lowest BCUT2D eigenvalue weighted by molar-refractivity contribution is 0.0989. The number of nitrogens with one attached hydrogen (secondary N) is 1. The van der Waals surface area contributed by atoms with E-state index < -0.39 is 0 Å². The topological polar surface area (TPSA) is 37.4 Å². The van der Waals surface area contributed by atoms with Crippen molar-refractivity contribution in [3.63, 3.8) is 0 Å². The van der Waals surface area contributed by atoms with Gasteiger partial charge in [0, 0.05) is 36.6 Å². The second-order valence-corrected chi connectivity index (χ2v) is 6.23. The highest BCUT2D eigenvalue weighted by molar-refractivity contribution is 5.47. The van der Waals surface area contributed by atoms with Crippen LogP contribution in [0.25, 0.3) is 0 Å². The standard InChI is InChI=1S/C15H25N3O/c1-12-11-19-8-7-18(12)14-5-6-16-13(9-14)10-17-15(2,3)4/h5-6,9,12,17H,7-8,10-11H2,1-4H3. The molecule has 1 aliphatic heterocycles. The van der Waals surface area contributed by atoms with E-state index in [9.17, 15) is 0 Å². The Balaban J connectivity index is 2.06. The predicted octanol–water partition coefficient (Wildman–Crippen LogP) is 2.19.